The summed E-state index contributed by atoms with van der Waals surface area (Å²) in [6.07, 6.45) is 0.735. The summed E-state index contributed by atoms with van der Waals surface area (Å²) in [5, 5.41) is 7.42. The van der Waals surface area contributed by atoms with E-state index in [9.17, 15) is 14.0 Å². The first-order valence-corrected chi connectivity index (χ1v) is 9.48. The smallest absolute Gasteiger partial charge is 0.261 e. The maximum absolute atomic E-state index is 13.5. The van der Waals surface area contributed by atoms with Crippen LogP contribution in [0.3, 0.4) is 0 Å². The van der Waals surface area contributed by atoms with Gasteiger partial charge in [0.25, 0.3) is 5.91 Å². The summed E-state index contributed by atoms with van der Waals surface area (Å²) < 4.78 is 13.5. The molecule has 7 heteroatoms. The third kappa shape index (κ3) is 3.79. The molecule has 0 radical (unpaired) electrons. The number of carbonyl (C=O) groups excluding carboxylic acids is 2. The van der Waals surface area contributed by atoms with E-state index in [1.54, 1.807) is 36.9 Å². The molecule has 2 unspecified atom stereocenters. The van der Waals surface area contributed by atoms with Gasteiger partial charge in [-0.05, 0) is 48.6 Å². The summed E-state index contributed by atoms with van der Waals surface area (Å²) >= 11 is 2.98. The normalized spacial score (nSPS) is 17.7. The monoisotopic (exact) mass is 364 g/mol. The second kappa shape index (κ2) is 7.36. The maximum atomic E-state index is 13.5. The van der Waals surface area contributed by atoms with Crippen LogP contribution in [0.4, 0.5) is 4.39 Å². The van der Waals surface area contributed by atoms with E-state index in [0.29, 0.717) is 4.88 Å². The second-order valence-corrected chi connectivity index (χ2v) is 7.64. The summed E-state index contributed by atoms with van der Waals surface area (Å²) in [6, 6.07) is 7.26. The largest absolute Gasteiger partial charge is 0.347 e. The lowest BCUT2D eigenvalue weighted by molar-refractivity contribution is -0.123. The Bertz CT molecular complexity index is 749. The highest BCUT2D eigenvalue weighted by molar-refractivity contribution is 7.99. The predicted octanol–water partition coefficient (Wildman–Crippen LogP) is 3.36. The van der Waals surface area contributed by atoms with Gasteiger partial charge in [0, 0.05) is 10.6 Å². The molecule has 0 saturated heterocycles. The van der Waals surface area contributed by atoms with Gasteiger partial charge in [-0.2, -0.15) is 0 Å². The molecule has 2 atom stereocenters. The molecule has 2 N–H and O–H groups in total. The number of amides is 2. The van der Waals surface area contributed by atoms with Gasteiger partial charge >= 0.3 is 0 Å². The first kappa shape index (κ1) is 17.0. The Balaban J connectivity index is 1.65. The van der Waals surface area contributed by atoms with E-state index in [1.165, 1.54) is 23.5 Å². The Morgan fingerprint density at radius 1 is 1.33 bits per heavy atom. The van der Waals surface area contributed by atoms with Crippen molar-refractivity contribution in [2.75, 3.05) is 5.75 Å². The summed E-state index contributed by atoms with van der Waals surface area (Å²) in [7, 11) is 0. The van der Waals surface area contributed by atoms with Gasteiger partial charge < -0.3 is 10.6 Å². The zero-order valence-electron chi connectivity index (χ0n) is 13.0. The van der Waals surface area contributed by atoms with E-state index in [4.69, 9.17) is 0 Å². The minimum atomic E-state index is -0.661. The molecule has 0 saturated carbocycles. The predicted molar refractivity (Wildman–Crippen MR) is 93.9 cm³/mol. The van der Waals surface area contributed by atoms with Crippen LogP contribution < -0.4 is 10.6 Å². The molecule has 24 heavy (non-hydrogen) atoms. The SMILES string of the molecule is CC(NC(=O)c1cccs1)C(=O)NC1CCSc2ccc(F)cc21. The molecule has 126 valence electrons. The fourth-order valence-corrected chi connectivity index (χ4v) is 4.29. The van der Waals surface area contributed by atoms with E-state index in [-0.39, 0.29) is 23.7 Å². The quantitative estimate of drug-likeness (QED) is 0.875. The second-order valence-electron chi connectivity index (χ2n) is 5.55. The molecule has 0 spiro atoms. The molecule has 1 aromatic heterocycles. The molecule has 2 amide bonds. The van der Waals surface area contributed by atoms with Crippen molar-refractivity contribution in [1.29, 1.82) is 0 Å². The van der Waals surface area contributed by atoms with Gasteiger partial charge in [0.05, 0.1) is 10.9 Å². The van der Waals surface area contributed by atoms with E-state index < -0.39 is 6.04 Å². The van der Waals surface area contributed by atoms with Crippen molar-refractivity contribution in [2.45, 2.75) is 30.3 Å². The fourth-order valence-electron chi connectivity index (χ4n) is 2.55. The van der Waals surface area contributed by atoms with Crippen molar-refractivity contribution in [2.24, 2.45) is 0 Å². The fraction of sp³-hybridized carbons (Fsp3) is 0.294. The Morgan fingerprint density at radius 3 is 2.92 bits per heavy atom. The zero-order chi connectivity index (χ0) is 17.1. The van der Waals surface area contributed by atoms with E-state index >= 15 is 0 Å². The number of thiophene rings is 1. The Hall–Kier alpha value is -1.86. The molecule has 1 aliphatic heterocycles. The van der Waals surface area contributed by atoms with Gasteiger partial charge in [-0.3, -0.25) is 9.59 Å². The van der Waals surface area contributed by atoms with Crippen LogP contribution in [0.2, 0.25) is 0 Å². The molecule has 1 aliphatic rings. The van der Waals surface area contributed by atoms with E-state index in [1.807, 2.05) is 5.38 Å². The van der Waals surface area contributed by atoms with Crippen LogP contribution in [-0.4, -0.2) is 23.6 Å². The summed E-state index contributed by atoms with van der Waals surface area (Å²) in [4.78, 5) is 26.0. The van der Waals surface area contributed by atoms with Gasteiger partial charge in [0.1, 0.15) is 11.9 Å². The van der Waals surface area contributed by atoms with Gasteiger partial charge in [-0.1, -0.05) is 6.07 Å². The number of benzene rings is 1. The molecule has 0 bridgehead atoms. The third-order valence-electron chi connectivity index (χ3n) is 3.81. The highest BCUT2D eigenvalue weighted by Crippen LogP contribution is 2.36. The van der Waals surface area contributed by atoms with Crippen molar-refractivity contribution < 1.29 is 14.0 Å². The Morgan fingerprint density at radius 2 is 2.17 bits per heavy atom. The molecule has 1 aromatic carbocycles. The average Bonchev–Trinajstić information content (AvgIpc) is 3.10. The lowest BCUT2D eigenvalue weighted by Gasteiger charge is -2.27. The third-order valence-corrected chi connectivity index (χ3v) is 5.80. The van der Waals surface area contributed by atoms with Crippen LogP contribution in [0, 0.1) is 5.82 Å². The van der Waals surface area contributed by atoms with Crippen LogP contribution in [0.5, 0.6) is 0 Å². The first-order chi connectivity index (χ1) is 11.5. The topological polar surface area (TPSA) is 58.2 Å². The minimum Gasteiger partial charge on any atom is -0.347 e. The minimum absolute atomic E-state index is 0.231. The zero-order valence-corrected chi connectivity index (χ0v) is 14.7. The molecular weight excluding hydrogens is 347 g/mol. The highest BCUT2D eigenvalue weighted by Gasteiger charge is 2.25. The lowest BCUT2D eigenvalue weighted by Crippen LogP contribution is -2.46. The lowest BCUT2D eigenvalue weighted by atomic mass is 10.0. The maximum Gasteiger partial charge on any atom is 0.261 e. The summed E-state index contributed by atoms with van der Waals surface area (Å²) in [6.45, 7) is 1.64. The number of fused-ring (bicyclic) bond motifs is 1. The molecule has 2 heterocycles. The average molecular weight is 364 g/mol. The number of rotatable bonds is 4. The Kier molecular flexibility index (Phi) is 5.20. The van der Waals surface area contributed by atoms with Gasteiger partial charge in [0.2, 0.25) is 5.91 Å². The number of hydrogen-bond donors (Lipinski definition) is 2. The summed E-state index contributed by atoms with van der Waals surface area (Å²) in [5.41, 5.74) is 0.802. The molecule has 4 nitrogen and oxygen atoms in total. The van der Waals surface area contributed by atoms with Crippen LogP contribution in [-0.2, 0) is 4.79 Å². The van der Waals surface area contributed by atoms with Gasteiger partial charge in [-0.25, -0.2) is 4.39 Å². The molecular formula is C17H17FN2O2S2. The number of thioether (sulfide) groups is 1. The van der Waals surface area contributed by atoms with Crippen molar-refractivity contribution in [3.05, 3.63) is 52.0 Å². The van der Waals surface area contributed by atoms with E-state index in [2.05, 4.69) is 10.6 Å². The highest BCUT2D eigenvalue weighted by atomic mass is 32.2. The van der Waals surface area contributed by atoms with Crippen LogP contribution in [0.1, 0.15) is 34.6 Å². The van der Waals surface area contributed by atoms with Crippen molar-refractivity contribution in [3.8, 4) is 0 Å². The first-order valence-electron chi connectivity index (χ1n) is 7.61. The Labute approximate surface area is 147 Å². The molecule has 3 rings (SSSR count). The molecule has 2 aromatic rings. The molecule has 0 fully saturated rings. The number of carbonyl (C=O) groups is 2. The van der Waals surface area contributed by atoms with Crippen LogP contribution in [0.25, 0.3) is 0 Å². The number of hydrogen-bond acceptors (Lipinski definition) is 4. The van der Waals surface area contributed by atoms with Crippen molar-refractivity contribution >= 4 is 34.9 Å². The van der Waals surface area contributed by atoms with Crippen molar-refractivity contribution in [3.63, 3.8) is 0 Å². The van der Waals surface area contributed by atoms with Gasteiger partial charge in [0.15, 0.2) is 0 Å². The standard InChI is InChI=1S/C17H17FN2O2S2/c1-10(19-17(22)15-3-2-7-23-15)16(21)20-13-6-8-24-14-5-4-11(18)9-12(13)14/h2-5,7,9-10,13H,6,8H2,1H3,(H,19,22)(H,20,21). The number of nitrogens with one attached hydrogen (secondary N) is 2. The van der Waals surface area contributed by atoms with Crippen molar-refractivity contribution in [1.82, 2.24) is 10.6 Å². The van der Waals surface area contributed by atoms with Gasteiger partial charge in [-0.15, -0.1) is 23.1 Å². The number of halogens is 1. The van der Waals surface area contributed by atoms with Crippen LogP contribution in [0.15, 0.2) is 40.6 Å². The summed E-state index contributed by atoms with van der Waals surface area (Å²) in [5.74, 6) is 0.0133. The van der Waals surface area contributed by atoms with Crippen LogP contribution >= 0.6 is 23.1 Å². The molecule has 0 aliphatic carbocycles. The van der Waals surface area contributed by atoms with E-state index in [0.717, 1.165) is 22.6 Å².